The zero-order chi connectivity index (χ0) is 22.1. The predicted octanol–water partition coefficient (Wildman–Crippen LogP) is 5.37. The van der Waals surface area contributed by atoms with E-state index in [9.17, 15) is 18.0 Å². The van der Waals surface area contributed by atoms with Gasteiger partial charge < -0.3 is 9.64 Å². The number of nitrogens with zero attached hydrogens (tertiary/aromatic N) is 2. The highest BCUT2D eigenvalue weighted by Crippen LogP contribution is 2.37. The van der Waals surface area contributed by atoms with Crippen LogP contribution in [0.3, 0.4) is 0 Å². The van der Waals surface area contributed by atoms with Gasteiger partial charge in [-0.2, -0.15) is 13.2 Å². The molecular formula is C22H22F3IN2O2S. The largest absolute Gasteiger partial charge is 0.446 e. The van der Waals surface area contributed by atoms with Crippen LogP contribution in [0.15, 0.2) is 53.4 Å². The van der Waals surface area contributed by atoms with Crippen LogP contribution in [0.4, 0.5) is 13.2 Å². The minimum atomic E-state index is -4.33. The number of halogens is 4. The Labute approximate surface area is 197 Å². The van der Waals surface area contributed by atoms with Crippen molar-refractivity contribution in [2.75, 3.05) is 26.4 Å². The second kappa shape index (κ2) is 9.29. The lowest BCUT2D eigenvalue weighted by atomic mass is 9.91. The Balaban J connectivity index is 1.30. The number of benzene rings is 2. The number of piperidine rings is 1. The van der Waals surface area contributed by atoms with Gasteiger partial charge >= 0.3 is 5.51 Å². The van der Waals surface area contributed by atoms with Gasteiger partial charge in [0.1, 0.15) is 6.73 Å². The third-order valence-electron chi connectivity index (χ3n) is 5.68. The van der Waals surface area contributed by atoms with E-state index in [0.717, 1.165) is 25.9 Å². The molecule has 0 atom stereocenters. The summed E-state index contributed by atoms with van der Waals surface area (Å²) in [7, 11) is 0. The predicted molar refractivity (Wildman–Crippen MR) is 122 cm³/mol. The van der Waals surface area contributed by atoms with Crippen LogP contribution < -0.4 is 0 Å². The lowest BCUT2D eigenvalue weighted by molar-refractivity contribution is -0.0353. The highest BCUT2D eigenvalue weighted by Gasteiger charge is 2.42. The van der Waals surface area contributed by atoms with Crippen molar-refractivity contribution < 1.29 is 22.7 Å². The molecule has 166 valence electrons. The molecule has 0 radical (unpaired) electrons. The first-order valence-corrected chi connectivity index (χ1v) is 11.9. The van der Waals surface area contributed by atoms with E-state index in [4.69, 9.17) is 4.74 Å². The zero-order valence-electron chi connectivity index (χ0n) is 16.7. The van der Waals surface area contributed by atoms with Gasteiger partial charge in [-0.3, -0.25) is 9.69 Å². The third-order valence-corrected chi connectivity index (χ3v) is 7.14. The van der Waals surface area contributed by atoms with Crippen molar-refractivity contribution in [3.63, 3.8) is 0 Å². The molecule has 1 amide bonds. The van der Waals surface area contributed by atoms with Crippen LogP contribution >= 0.6 is 34.4 Å². The molecule has 0 saturated carbocycles. The van der Waals surface area contributed by atoms with Crippen LogP contribution in [0.1, 0.15) is 28.8 Å². The smallest absolute Gasteiger partial charge is 0.358 e. The molecule has 2 aliphatic heterocycles. The Morgan fingerprint density at radius 3 is 2.32 bits per heavy atom. The molecule has 2 aromatic carbocycles. The van der Waals surface area contributed by atoms with E-state index in [-0.39, 0.29) is 28.2 Å². The Morgan fingerprint density at radius 2 is 1.71 bits per heavy atom. The number of carbonyl (C=O) groups excluding carboxylic acids is 1. The van der Waals surface area contributed by atoms with Gasteiger partial charge in [-0.1, -0.05) is 12.1 Å². The molecule has 31 heavy (non-hydrogen) atoms. The number of rotatable bonds is 4. The van der Waals surface area contributed by atoms with Gasteiger partial charge in [-0.15, -0.1) is 0 Å². The fraction of sp³-hybridized carbons (Fsp3) is 0.409. The summed E-state index contributed by atoms with van der Waals surface area (Å²) in [6.45, 7) is 3.41. The van der Waals surface area contributed by atoms with Gasteiger partial charge in [0.2, 0.25) is 0 Å². The maximum Gasteiger partial charge on any atom is 0.446 e. The van der Waals surface area contributed by atoms with Gasteiger partial charge in [0.15, 0.2) is 0 Å². The summed E-state index contributed by atoms with van der Waals surface area (Å²) in [5.74, 6) is -0.146. The lowest BCUT2D eigenvalue weighted by Gasteiger charge is -2.38. The highest BCUT2D eigenvalue weighted by atomic mass is 127. The number of likely N-dealkylation sites (tertiary alicyclic amines) is 1. The van der Waals surface area contributed by atoms with Crippen LogP contribution in [0, 0.1) is 3.57 Å². The van der Waals surface area contributed by atoms with Crippen LogP contribution in [-0.4, -0.2) is 53.2 Å². The summed E-state index contributed by atoms with van der Waals surface area (Å²) in [5.41, 5.74) is -2.90. The molecule has 4 rings (SSSR count). The normalized spacial score (nSPS) is 19.2. The summed E-state index contributed by atoms with van der Waals surface area (Å²) in [6.07, 6.45) is 1.51. The minimum absolute atomic E-state index is 0.0780. The summed E-state index contributed by atoms with van der Waals surface area (Å²) in [6, 6.07) is 14.1. The number of hydrogen-bond acceptors (Lipinski definition) is 4. The molecule has 0 aromatic heterocycles. The molecule has 0 aliphatic carbocycles. The van der Waals surface area contributed by atoms with Crippen LogP contribution in [0.25, 0.3) is 0 Å². The number of hydrogen-bond donors (Lipinski definition) is 0. The SMILES string of the molecule is O=C(c1ccc(SC(F)(F)F)cc1)N1CCC2(CC1)CN(Cc1ccc(I)cc1)CO2. The second-order valence-corrected chi connectivity index (χ2v) is 10.3. The van der Waals surface area contributed by atoms with Gasteiger partial charge in [0.25, 0.3) is 5.91 Å². The molecule has 2 aliphatic rings. The van der Waals surface area contributed by atoms with Crippen molar-refractivity contribution >= 4 is 40.3 Å². The Hall–Kier alpha value is -1.30. The third kappa shape index (κ3) is 5.94. The zero-order valence-corrected chi connectivity index (χ0v) is 19.7. The maximum absolute atomic E-state index is 12.8. The van der Waals surface area contributed by atoms with E-state index >= 15 is 0 Å². The molecule has 2 aromatic rings. The van der Waals surface area contributed by atoms with E-state index in [1.165, 1.54) is 33.4 Å². The van der Waals surface area contributed by atoms with E-state index in [1.54, 1.807) is 4.90 Å². The summed E-state index contributed by atoms with van der Waals surface area (Å²) in [4.78, 5) is 16.9. The number of ether oxygens (including phenoxy) is 1. The Bertz CT molecular complexity index is 914. The monoisotopic (exact) mass is 562 g/mol. The standard InChI is InChI=1S/C22H22F3IN2O2S/c23-22(24,25)31-19-7-3-17(4-8-19)20(29)28-11-9-21(10-12-28)14-27(15-30-21)13-16-1-5-18(26)6-2-16/h1-8H,9-15H2. The Kier molecular flexibility index (Phi) is 6.85. The maximum atomic E-state index is 12.8. The van der Waals surface area contributed by atoms with Crippen LogP contribution in [0.5, 0.6) is 0 Å². The molecule has 9 heteroatoms. The number of carbonyl (C=O) groups is 1. The quantitative estimate of drug-likeness (QED) is 0.371. The van der Waals surface area contributed by atoms with Gasteiger partial charge in [-0.05, 0) is 89.2 Å². The number of alkyl halides is 3. The fourth-order valence-corrected chi connectivity index (χ4v) is 4.98. The molecule has 2 saturated heterocycles. The first kappa shape index (κ1) is 22.9. The second-order valence-electron chi connectivity index (χ2n) is 7.93. The molecule has 4 nitrogen and oxygen atoms in total. The molecule has 2 fully saturated rings. The number of amides is 1. The van der Waals surface area contributed by atoms with Crippen LogP contribution in [-0.2, 0) is 11.3 Å². The van der Waals surface area contributed by atoms with Gasteiger partial charge in [0.05, 0.1) is 5.60 Å². The van der Waals surface area contributed by atoms with Crippen molar-refractivity contribution in [1.29, 1.82) is 0 Å². The molecule has 0 unspecified atom stereocenters. The van der Waals surface area contributed by atoms with E-state index in [0.29, 0.717) is 25.4 Å². The van der Waals surface area contributed by atoms with Crippen molar-refractivity contribution in [2.45, 2.75) is 35.4 Å². The fourth-order valence-electron chi connectivity index (χ4n) is 4.08. The van der Waals surface area contributed by atoms with E-state index < -0.39 is 5.51 Å². The van der Waals surface area contributed by atoms with Gasteiger partial charge in [0, 0.05) is 40.2 Å². The average Bonchev–Trinajstić information content (AvgIpc) is 3.11. The van der Waals surface area contributed by atoms with Gasteiger partial charge in [-0.25, -0.2) is 0 Å². The van der Waals surface area contributed by atoms with E-state index in [2.05, 4.69) is 51.8 Å². The molecule has 0 bridgehead atoms. The highest BCUT2D eigenvalue weighted by molar-refractivity contribution is 14.1. The average molecular weight is 562 g/mol. The molecule has 2 heterocycles. The molecular weight excluding hydrogens is 540 g/mol. The Morgan fingerprint density at radius 1 is 1.06 bits per heavy atom. The minimum Gasteiger partial charge on any atom is -0.358 e. The first-order valence-electron chi connectivity index (χ1n) is 9.97. The van der Waals surface area contributed by atoms with E-state index in [1.807, 2.05) is 0 Å². The van der Waals surface area contributed by atoms with Crippen molar-refractivity contribution in [1.82, 2.24) is 9.80 Å². The summed E-state index contributed by atoms with van der Waals surface area (Å²) >= 11 is 2.12. The van der Waals surface area contributed by atoms with Crippen LogP contribution in [0.2, 0.25) is 0 Å². The molecule has 0 N–H and O–H groups in total. The topological polar surface area (TPSA) is 32.8 Å². The van der Waals surface area contributed by atoms with Crippen molar-refractivity contribution in [3.05, 3.63) is 63.2 Å². The number of thioether (sulfide) groups is 1. The van der Waals surface area contributed by atoms with Crippen molar-refractivity contribution in [3.8, 4) is 0 Å². The lowest BCUT2D eigenvalue weighted by Crippen LogP contribution is -2.48. The van der Waals surface area contributed by atoms with Crippen molar-refractivity contribution in [2.24, 2.45) is 0 Å². The summed E-state index contributed by atoms with van der Waals surface area (Å²) in [5, 5.41) is 0. The summed E-state index contributed by atoms with van der Waals surface area (Å²) < 4.78 is 44.8. The molecule has 1 spiro atoms. The first-order chi connectivity index (χ1) is 14.7.